The minimum absolute atomic E-state index is 0.0120. The molecule has 1 atom stereocenters. The third-order valence-corrected chi connectivity index (χ3v) is 4.92. The highest BCUT2D eigenvalue weighted by molar-refractivity contribution is 6.30. The van der Waals surface area contributed by atoms with Crippen molar-refractivity contribution in [2.24, 2.45) is 0 Å². The number of urea groups is 1. The summed E-state index contributed by atoms with van der Waals surface area (Å²) in [6, 6.07) is 3.49. The third-order valence-electron chi connectivity index (χ3n) is 4.69. The molecule has 1 aliphatic heterocycles. The summed E-state index contributed by atoms with van der Waals surface area (Å²) in [4.78, 5) is 35.2. The van der Waals surface area contributed by atoms with Gasteiger partial charge in [0.05, 0.1) is 17.9 Å². The number of alkyl halides is 4. The number of carbonyl (C=O) groups is 2. The first-order valence-electron chi connectivity index (χ1n) is 9.55. The molecule has 1 N–H and O–H groups in total. The molecule has 0 aliphatic carbocycles. The van der Waals surface area contributed by atoms with Crippen molar-refractivity contribution in [2.75, 3.05) is 23.3 Å². The standard InChI is InChI=1S/C20H20ClF4N5O2/c1-19(2,22)8-14-10-29(13-3-4-15(27-9-13)20(23,24)25)18(32)30(14)11-17(31)28-16-7-12(21)5-6-26-16/h3-7,9,14H,8,10-11H2,1-2H3,(H,26,28,31)/t14-/m0/s1. The molecule has 1 fully saturated rings. The van der Waals surface area contributed by atoms with Crippen LogP contribution in [0.5, 0.6) is 0 Å². The lowest BCUT2D eigenvalue weighted by Crippen LogP contribution is -2.42. The van der Waals surface area contributed by atoms with Crippen LogP contribution in [0, 0.1) is 0 Å². The van der Waals surface area contributed by atoms with Crippen LogP contribution in [0.3, 0.4) is 0 Å². The van der Waals surface area contributed by atoms with Gasteiger partial charge in [0.15, 0.2) is 0 Å². The van der Waals surface area contributed by atoms with Crippen molar-refractivity contribution >= 4 is 35.0 Å². The van der Waals surface area contributed by atoms with E-state index in [2.05, 4.69) is 15.3 Å². The molecule has 2 aromatic heterocycles. The number of rotatable bonds is 6. The fraction of sp³-hybridized carbons (Fsp3) is 0.400. The summed E-state index contributed by atoms with van der Waals surface area (Å²) in [6.45, 7) is 2.27. The number of carbonyl (C=O) groups excluding carboxylic acids is 2. The van der Waals surface area contributed by atoms with Crippen LogP contribution in [0.4, 0.5) is 33.9 Å². The van der Waals surface area contributed by atoms with Crippen molar-refractivity contribution < 1.29 is 27.2 Å². The second-order valence-electron chi connectivity index (χ2n) is 7.90. The predicted octanol–water partition coefficient (Wildman–Crippen LogP) is 4.54. The molecule has 0 bridgehead atoms. The van der Waals surface area contributed by atoms with Crippen molar-refractivity contribution in [3.63, 3.8) is 0 Å². The molecule has 172 valence electrons. The van der Waals surface area contributed by atoms with E-state index in [4.69, 9.17) is 11.6 Å². The second kappa shape index (κ2) is 8.89. The van der Waals surface area contributed by atoms with Gasteiger partial charge < -0.3 is 10.2 Å². The minimum Gasteiger partial charge on any atom is -0.310 e. The van der Waals surface area contributed by atoms with E-state index >= 15 is 0 Å². The van der Waals surface area contributed by atoms with E-state index in [1.54, 1.807) is 0 Å². The first-order chi connectivity index (χ1) is 14.8. The molecular formula is C20H20ClF4N5O2. The number of hydrogen-bond acceptors (Lipinski definition) is 4. The van der Waals surface area contributed by atoms with Crippen LogP contribution in [0.2, 0.25) is 5.02 Å². The molecule has 12 heteroatoms. The topological polar surface area (TPSA) is 78.4 Å². The fourth-order valence-corrected chi connectivity index (χ4v) is 3.53. The van der Waals surface area contributed by atoms with Crippen LogP contribution in [0.25, 0.3) is 0 Å². The van der Waals surface area contributed by atoms with Gasteiger partial charge in [-0.2, -0.15) is 13.2 Å². The van der Waals surface area contributed by atoms with Gasteiger partial charge in [0, 0.05) is 24.2 Å². The molecule has 3 rings (SSSR count). The van der Waals surface area contributed by atoms with E-state index in [1.807, 2.05) is 0 Å². The molecule has 0 unspecified atom stereocenters. The number of nitrogens with one attached hydrogen (secondary N) is 1. The van der Waals surface area contributed by atoms with E-state index < -0.39 is 42.1 Å². The van der Waals surface area contributed by atoms with Gasteiger partial charge >= 0.3 is 12.2 Å². The number of nitrogens with zero attached hydrogens (tertiary/aromatic N) is 4. The number of amides is 3. The zero-order valence-corrected chi connectivity index (χ0v) is 17.9. The highest BCUT2D eigenvalue weighted by Gasteiger charge is 2.42. The van der Waals surface area contributed by atoms with E-state index in [1.165, 1.54) is 42.0 Å². The normalized spacial score (nSPS) is 17.1. The summed E-state index contributed by atoms with van der Waals surface area (Å²) in [6.07, 6.45) is -2.37. The summed E-state index contributed by atoms with van der Waals surface area (Å²) in [5, 5.41) is 2.87. The van der Waals surface area contributed by atoms with E-state index in [0.717, 1.165) is 18.3 Å². The lowest BCUT2D eigenvalue weighted by Gasteiger charge is -2.26. The Morgan fingerprint density at radius 3 is 2.50 bits per heavy atom. The molecule has 1 saturated heterocycles. The smallest absolute Gasteiger partial charge is 0.310 e. The molecule has 32 heavy (non-hydrogen) atoms. The molecule has 0 spiro atoms. The van der Waals surface area contributed by atoms with Gasteiger partial charge in [-0.3, -0.25) is 9.69 Å². The maximum atomic E-state index is 14.4. The van der Waals surface area contributed by atoms with Crippen molar-refractivity contribution in [1.82, 2.24) is 14.9 Å². The van der Waals surface area contributed by atoms with Gasteiger partial charge in [-0.15, -0.1) is 0 Å². The lowest BCUT2D eigenvalue weighted by molar-refractivity contribution is -0.141. The Bertz CT molecular complexity index is 995. The first-order valence-corrected chi connectivity index (χ1v) is 9.93. The summed E-state index contributed by atoms with van der Waals surface area (Å²) >= 11 is 5.86. The summed E-state index contributed by atoms with van der Waals surface area (Å²) in [5.41, 5.74) is -2.63. The molecular weight excluding hydrogens is 454 g/mol. The molecule has 0 saturated carbocycles. The molecule has 7 nitrogen and oxygen atoms in total. The Morgan fingerprint density at radius 1 is 1.22 bits per heavy atom. The first kappa shape index (κ1) is 23.7. The largest absolute Gasteiger partial charge is 0.433 e. The Kier molecular flexibility index (Phi) is 6.59. The predicted molar refractivity (Wildman–Crippen MR) is 110 cm³/mol. The van der Waals surface area contributed by atoms with Gasteiger partial charge in [0.2, 0.25) is 5.91 Å². The Balaban J connectivity index is 1.79. The van der Waals surface area contributed by atoms with Crippen LogP contribution >= 0.6 is 11.6 Å². The summed E-state index contributed by atoms with van der Waals surface area (Å²) in [5.74, 6) is -0.400. The van der Waals surface area contributed by atoms with Gasteiger partial charge in [-0.1, -0.05) is 11.6 Å². The van der Waals surface area contributed by atoms with Gasteiger partial charge in [-0.05, 0) is 38.1 Å². The number of aromatic nitrogens is 2. The lowest BCUT2D eigenvalue weighted by atomic mass is 10.0. The fourth-order valence-electron chi connectivity index (χ4n) is 3.37. The molecule has 3 heterocycles. The zero-order chi connectivity index (χ0) is 23.7. The minimum atomic E-state index is -4.62. The monoisotopic (exact) mass is 473 g/mol. The van der Waals surface area contributed by atoms with Crippen LogP contribution < -0.4 is 10.2 Å². The SMILES string of the molecule is CC(C)(F)C[C@H]1CN(c2ccc(C(F)(F)F)nc2)C(=O)N1CC(=O)Nc1cc(Cl)ccn1. The summed E-state index contributed by atoms with van der Waals surface area (Å²) in [7, 11) is 0. The average molecular weight is 474 g/mol. The Labute approximate surface area is 186 Å². The third kappa shape index (κ3) is 5.84. The van der Waals surface area contributed by atoms with E-state index in [-0.39, 0.29) is 24.5 Å². The maximum Gasteiger partial charge on any atom is 0.433 e. The molecule has 0 aromatic carbocycles. The number of pyridine rings is 2. The van der Waals surface area contributed by atoms with Crippen molar-refractivity contribution in [3.8, 4) is 0 Å². The zero-order valence-electron chi connectivity index (χ0n) is 17.2. The number of halogens is 5. The van der Waals surface area contributed by atoms with Gasteiger partial charge in [0.25, 0.3) is 0 Å². The van der Waals surface area contributed by atoms with E-state index in [9.17, 15) is 27.2 Å². The van der Waals surface area contributed by atoms with Crippen molar-refractivity contribution in [2.45, 2.75) is 38.2 Å². The highest BCUT2D eigenvalue weighted by atomic mass is 35.5. The van der Waals surface area contributed by atoms with Crippen molar-refractivity contribution in [1.29, 1.82) is 0 Å². The van der Waals surface area contributed by atoms with Crippen molar-refractivity contribution in [3.05, 3.63) is 47.4 Å². The summed E-state index contributed by atoms with van der Waals surface area (Å²) < 4.78 is 52.7. The van der Waals surface area contributed by atoms with E-state index in [0.29, 0.717) is 5.02 Å². The average Bonchev–Trinajstić information content (AvgIpc) is 2.95. The van der Waals surface area contributed by atoms with Crippen LogP contribution in [0.15, 0.2) is 36.7 Å². The molecule has 1 aliphatic rings. The maximum absolute atomic E-state index is 14.4. The van der Waals surface area contributed by atoms with Crippen LogP contribution in [0.1, 0.15) is 26.0 Å². The van der Waals surface area contributed by atoms with Gasteiger partial charge in [-0.25, -0.2) is 19.2 Å². The molecule has 0 radical (unpaired) electrons. The molecule has 3 amide bonds. The van der Waals surface area contributed by atoms with Crippen LogP contribution in [-0.2, 0) is 11.0 Å². The Hall–Kier alpha value is -2.95. The quantitative estimate of drug-likeness (QED) is 0.625. The number of anilines is 2. The van der Waals surface area contributed by atoms with Crippen LogP contribution in [-0.4, -0.2) is 51.6 Å². The number of hydrogen-bond donors (Lipinski definition) is 1. The second-order valence-corrected chi connectivity index (χ2v) is 8.34. The highest BCUT2D eigenvalue weighted by Crippen LogP contribution is 2.32. The van der Waals surface area contributed by atoms with Gasteiger partial charge in [0.1, 0.15) is 23.7 Å². The molecule has 2 aromatic rings. The Morgan fingerprint density at radius 2 is 1.94 bits per heavy atom.